The van der Waals surface area contributed by atoms with Gasteiger partial charge in [-0.3, -0.25) is 0 Å². The van der Waals surface area contributed by atoms with Crippen molar-refractivity contribution < 1.29 is 17.1 Å². The third-order valence-corrected chi connectivity index (χ3v) is 0.581. The van der Waals surface area contributed by atoms with Gasteiger partial charge >= 0.3 is 22.8 Å². The molecule has 1 aromatic rings. The predicted molar refractivity (Wildman–Crippen MR) is 24.9 cm³/mol. The maximum Gasteiger partial charge on any atom is 3.00 e. The number of rotatable bonds is 0. The topological polar surface area (TPSA) is 45.8 Å². The van der Waals surface area contributed by atoms with Gasteiger partial charge in [0.15, 0.2) is 0 Å². The molecule has 1 N–H and O–H groups in total. The minimum Gasteiger partial charge on any atom is -0.313 e. The van der Waals surface area contributed by atoms with Crippen LogP contribution in [-0.2, 0) is 17.1 Å². The van der Waals surface area contributed by atoms with Crippen molar-refractivity contribution in [3.63, 3.8) is 0 Å². The summed E-state index contributed by atoms with van der Waals surface area (Å²) >= 11 is 0. The number of nitrogens with zero attached hydrogens (tertiary/aromatic N) is 1. The molecule has 0 unspecified atom stereocenters. The molecule has 0 fully saturated rings. The molecular weight excluding hydrogens is 148 g/mol. The van der Waals surface area contributed by atoms with E-state index in [0.717, 1.165) is 0 Å². The van der Waals surface area contributed by atoms with Crippen LogP contribution >= 0.6 is 0 Å². The maximum absolute atomic E-state index is 10.1. The van der Waals surface area contributed by atoms with Crippen molar-refractivity contribution in [1.29, 1.82) is 0 Å². The summed E-state index contributed by atoms with van der Waals surface area (Å²) < 4.78 is 0. The van der Waals surface area contributed by atoms with Crippen molar-refractivity contribution in [2.75, 3.05) is 0 Å². The second-order valence-electron chi connectivity index (χ2n) is 1.09. The molecule has 3 nitrogen and oxygen atoms in total. The Morgan fingerprint density at radius 1 is 1.62 bits per heavy atom. The molecular formula is C4H4FeN2O+3. The Balaban J connectivity index is 0.000000490. The Hall–Kier alpha value is -0.601. The first-order valence-electron chi connectivity index (χ1n) is 1.89. The van der Waals surface area contributed by atoms with Crippen molar-refractivity contribution in [2.24, 2.45) is 0 Å². The Morgan fingerprint density at radius 3 is 2.62 bits per heavy atom. The second-order valence-corrected chi connectivity index (χ2v) is 1.09. The summed E-state index contributed by atoms with van der Waals surface area (Å²) in [7, 11) is 0. The molecule has 8 heavy (non-hydrogen) atoms. The molecule has 0 atom stereocenters. The van der Waals surface area contributed by atoms with Gasteiger partial charge in [0.25, 0.3) is 0 Å². The molecule has 4 heteroatoms. The zero-order chi connectivity index (χ0) is 5.11. The van der Waals surface area contributed by atoms with Gasteiger partial charge in [0.1, 0.15) is 0 Å². The minimum atomic E-state index is -0.303. The Labute approximate surface area is 56.6 Å². The standard InChI is InChI=1S/C4H4N2O.Fe/c7-4-5-2-1-3-6-4;/h1-3H,(H,5,6,7);/q;+3. The molecule has 1 aromatic heterocycles. The van der Waals surface area contributed by atoms with Crippen molar-refractivity contribution in [3.05, 3.63) is 28.9 Å². The van der Waals surface area contributed by atoms with E-state index in [9.17, 15) is 4.79 Å². The summed E-state index contributed by atoms with van der Waals surface area (Å²) in [5, 5.41) is 0. The van der Waals surface area contributed by atoms with Gasteiger partial charge in [0, 0.05) is 12.4 Å². The normalized spacial score (nSPS) is 7.50. The molecule has 0 aliphatic heterocycles. The number of nitrogens with one attached hydrogen (secondary N) is 1. The number of aromatic nitrogens is 2. The monoisotopic (exact) mass is 152 g/mol. The molecule has 0 aromatic carbocycles. The number of hydrogen-bond donors (Lipinski definition) is 1. The molecule has 0 aliphatic rings. The van der Waals surface area contributed by atoms with Crippen LogP contribution in [0, 0.1) is 0 Å². The Bertz CT molecular complexity index is 180. The molecule has 1 heterocycles. The average Bonchev–Trinajstić information content (AvgIpc) is 1.69. The van der Waals surface area contributed by atoms with Crippen molar-refractivity contribution in [3.8, 4) is 0 Å². The molecule has 41 valence electrons. The van der Waals surface area contributed by atoms with E-state index < -0.39 is 0 Å². The Morgan fingerprint density at radius 2 is 2.38 bits per heavy atom. The fourth-order valence-electron chi connectivity index (χ4n) is 0.310. The summed E-state index contributed by atoms with van der Waals surface area (Å²) in [5.74, 6) is 0. The molecule has 0 bridgehead atoms. The quantitative estimate of drug-likeness (QED) is 0.521. The summed E-state index contributed by atoms with van der Waals surface area (Å²) in [5.41, 5.74) is -0.303. The molecule has 0 saturated carbocycles. The molecule has 0 aliphatic carbocycles. The van der Waals surface area contributed by atoms with Crippen molar-refractivity contribution in [2.45, 2.75) is 0 Å². The van der Waals surface area contributed by atoms with Crippen LogP contribution in [0.15, 0.2) is 23.3 Å². The third kappa shape index (κ3) is 1.91. The van der Waals surface area contributed by atoms with Crippen LogP contribution in [0.3, 0.4) is 0 Å². The van der Waals surface area contributed by atoms with E-state index in [1.807, 2.05) is 0 Å². The SMILES string of the molecule is O=c1nccc[nH]1.[Fe+3]. The van der Waals surface area contributed by atoms with Crippen LogP contribution in [0.25, 0.3) is 0 Å². The van der Waals surface area contributed by atoms with Crippen LogP contribution in [0.2, 0.25) is 0 Å². The van der Waals surface area contributed by atoms with Gasteiger partial charge in [-0.2, -0.15) is 0 Å². The van der Waals surface area contributed by atoms with Gasteiger partial charge < -0.3 is 4.98 Å². The maximum atomic E-state index is 10.1. The third-order valence-electron chi connectivity index (χ3n) is 0.581. The largest absolute Gasteiger partial charge is 3.00 e. The molecule has 0 saturated heterocycles. The van der Waals surface area contributed by atoms with Crippen LogP contribution in [0.4, 0.5) is 0 Å². The van der Waals surface area contributed by atoms with Gasteiger partial charge in [0.05, 0.1) is 0 Å². The van der Waals surface area contributed by atoms with Crippen LogP contribution in [0.1, 0.15) is 0 Å². The minimum absolute atomic E-state index is 0. The van der Waals surface area contributed by atoms with Crippen LogP contribution in [0.5, 0.6) is 0 Å². The summed E-state index contributed by atoms with van der Waals surface area (Å²) in [6.45, 7) is 0. The second kappa shape index (κ2) is 3.41. The van der Waals surface area contributed by atoms with E-state index >= 15 is 0 Å². The van der Waals surface area contributed by atoms with Gasteiger partial charge in [-0.05, 0) is 6.07 Å². The van der Waals surface area contributed by atoms with E-state index in [1.54, 1.807) is 6.07 Å². The summed E-state index contributed by atoms with van der Waals surface area (Å²) in [6, 6.07) is 1.65. The first kappa shape index (κ1) is 7.40. The van der Waals surface area contributed by atoms with E-state index in [1.165, 1.54) is 12.4 Å². The summed E-state index contributed by atoms with van der Waals surface area (Å²) in [4.78, 5) is 15.8. The fraction of sp³-hybridized carbons (Fsp3) is 0. The molecule has 0 spiro atoms. The van der Waals surface area contributed by atoms with Crippen molar-refractivity contribution in [1.82, 2.24) is 9.97 Å². The summed E-state index contributed by atoms with van der Waals surface area (Å²) in [6.07, 6.45) is 2.98. The zero-order valence-electron chi connectivity index (χ0n) is 3.94. The van der Waals surface area contributed by atoms with Crippen LogP contribution < -0.4 is 5.69 Å². The van der Waals surface area contributed by atoms with Gasteiger partial charge in [0.2, 0.25) is 0 Å². The molecule has 0 amide bonds. The fourth-order valence-corrected chi connectivity index (χ4v) is 0.310. The molecule has 1 rings (SSSR count). The van der Waals surface area contributed by atoms with Crippen LogP contribution in [-0.4, -0.2) is 9.97 Å². The van der Waals surface area contributed by atoms with Gasteiger partial charge in [-0.1, -0.05) is 0 Å². The number of hydrogen-bond acceptors (Lipinski definition) is 2. The number of aromatic amines is 1. The smallest absolute Gasteiger partial charge is 0.313 e. The first-order valence-corrected chi connectivity index (χ1v) is 1.89. The average molecular weight is 152 g/mol. The Kier molecular flexibility index (Phi) is 3.15. The van der Waals surface area contributed by atoms with E-state index in [4.69, 9.17) is 0 Å². The first-order chi connectivity index (χ1) is 3.39. The zero-order valence-corrected chi connectivity index (χ0v) is 5.05. The van der Waals surface area contributed by atoms with E-state index in [0.29, 0.717) is 0 Å². The predicted octanol–water partition coefficient (Wildman–Crippen LogP) is -0.233. The van der Waals surface area contributed by atoms with Gasteiger partial charge in [-0.15, -0.1) is 0 Å². The number of H-pyrrole nitrogens is 1. The molecule has 1 radical (unpaired) electrons. The van der Waals surface area contributed by atoms with Gasteiger partial charge in [-0.25, -0.2) is 9.78 Å². The van der Waals surface area contributed by atoms with E-state index in [2.05, 4.69) is 9.97 Å². The van der Waals surface area contributed by atoms with E-state index in [-0.39, 0.29) is 22.8 Å². The van der Waals surface area contributed by atoms with Crippen molar-refractivity contribution >= 4 is 0 Å².